The van der Waals surface area contributed by atoms with Crippen LogP contribution >= 0.6 is 0 Å². The van der Waals surface area contributed by atoms with Crippen LogP contribution in [-0.2, 0) is 0 Å². The second-order valence-corrected chi connectivity index (χ2v) is 11.6. The highest BCUT2D eigenvalue weighted by Crippen LogP contribution is 2.48. The molecule has 7 aromatic rings. The third-order valence-electron chi connectivity index (χ3n) is 8.96. The molecule has 1 unspecified atom stereocenters. The molecule has 0 N–H and O–H groups in total. The Morgan fingerprint density at radius 1 is 0.425 bits per heavy atom. The van der Waals surface area contributed by atoms with Crippen molar-refractivity contribution in [3.63, 3.8) is 0 Å². The molecule has 0 aliphatic carbocycles. The highest BCUT2D eigenvalue weighted by Gasteiger charge is 2.24. The van der Waals surface area contributed by atoms with Gasteiger partial charge in [-0.05, 0) is 101 Å². The van der Waals surface area contributed by atoms with E-state index in [4.69, 9.17) is 0 Å². The number of aryl methyl sites for hydroxylation is 1. The summed E-state index contributed by atoms with van der Waals surface area (Å²) in [6.45, 7) is 9.41. The van der Waals surface area contributed by atoms with Gasteiger partial charge in [-0.2, -0.15) is 0 Å². The molecule has 0 nitrogen and oxygen atoms in total. The lowest BCUT2D eigenvalue weighted by Gasteiger charge is -2.27. The summed E-state index contributed by atoms with van der Waals surface area (Å²) in [6.07, 6.45) is 0. The standard InChI is InChI=1S/C40H34/c1-25(2)27(4)38-32-16-8-7-15-30(32)23-26(3)37(38)40-35-19-11-9-17-33(35)39(34-18-10-12-20-36(34)40)31-22-21-28-13-5-6-14-29(28)24-31/h5-25,27H,1-4H3. The Morgan fingerprint density at radius 3 is 1.52 bits per heavy atom. The average Bonchev–Trinajstić information content (AvgIpc) is 2.99. The first-order valence-corrected chi connectivity index (χ1v) is 14.5. The van der Waals surface area contributed by atoms with Crippen molar-refractivity contribution in [2.75, 3.05) is 0 Å². The van der Waals surface area contributed by atoms with E-state index in [1.807, 2.05) is 0 Å². The lowest BCUT2D eigenvalue weighted by atomic mass is 9.77. The predicted molar refractivity (Wildman–Crippen MR) is 175 cm³/mol. The van der Waals surface area contributed by atoms with Gasteiger partial charge in [0.05, 0.1) is 0 Å². The zero-order valence-corrected chi connectivity index (χ0v) is 23.7. The Kier molecular flexibility index (Phi) is 5.93. The molecule has 0 aliphatic rings. The number of rotatable bonds is 4. The minimum absolute atomic E-state index is 0.414. The second-order valence-electron chi connectivity index (χ2n) is 11.6. The molecule has 0 amide bonds. The summed E-state index contributed by atoms with van der Waals surface area (Å²) in [5.41, 5.74) is 8.16. The van der Waals surface area contributed by atoms with Crippen LogP contribution in [0.15, 0.2) is 121 Å². The van der Waals surface area contributed by atoms with E-state index in [-0.39, 0.29) is 0 Å². The van der Waals surface area contributed by atoms with E-state index < -0.39 is 0 Å². The molecule has 7 rings (SSSR count). The molecule has 0 saturated carbocycles. The van der Waals surface area contributed by atoms with Gasteiger partial charge in [0.2, 0.25) is 0 Å². The normalized spacial score (nSPS) is 12.6. The molecule has 0 heterocycles. The average molecular weight is 515 g/mol. The van der Waals surface area contributed by atoms with E-state index in [1.165, 1.54) is 76.5 Å². The van der Waals surface area contributed by atoms with Crippen molar-refractivity contribution in [2.24, 2.45) is 5.92 Å². The van der Waals surface area contributed by atoms with Gasteiger partial charge < -0.3 is 0 Å². The molecule has 0 saturated heterocycles. The first kappa shape index (κ1) is 24.6. The second kappa shape index (κ2) is 9.65. The number of hydrogen-bond donors (Lipinski definition) is 0. The molecule has 0 radical (unpaired) electrons. The van der Waals surface area contributed by atoms with Crippen molar-refractivity contribution in [1.29, 1.82) is 0 Å². The summed E-state index contributed by atoms with van der Waals surface area (Å²) < 4.78 is 0. The smallest absolute Gasteiger partial charge is 0.00206 e. The fourth-order valence-corrected chi connectivity index (χ4v) is 6.71. The maximum Gasteiger partial charge on any atom is -0.00206 e. The molecule has 40 heavy (non-hydrogen) atoms. The van der Waals surface area contributed by atoms with Crippen molar-refractivity contribution >= 4 is 43.1 Å². The van der Waals surface area contributed by atoms with Gasteiger partial charge in [-0.25, -0.2) is 0 Å². The highest BCUT2D eigenvalue weighted by atomic mass is 14.3. The maximum absolute atomic E-state index is 2.41. The van der Waals surface area contributed by atoms with Crippen molar-refractivity contribution in [1.82, 2.24) is 0 Å². The summed E-state index contributed by atoms with van der Waals surface area (Å²) in [7, 11) is 0. The van der Waals surface area contributed by atoms with Gasteiger partial charge in [0.15, 0.2) is 0 Å². The number of fused-ring (bicyclic) bond motifs is 4. The largest absolute Gasteiger partial charge is 0.0622 e. The Hall–Kier alpha value is -4.42. The Balaban J connectivity index is 1.66. The van der Waals surface area contributed by atoms with Gasteiger partial charge in [0.1, 0.15) is 0 Å². The quantitative estimate of drug-likeness (QED) is 0.205. The molecular weight excluding hydrogens is 480 g/mol. The molecule has 194 valence electrons. The molecule has 0 heteroatoms. The molecule has 0 fully saturated rings. The molecule has 0 aliphatic heterocycles. The topological polar surface area (TPSA) is 0 Å². The molecule has 0 bridgehead atoms. The van der Waals surface area contributed by atoms with E-state index >= 15 is 0 Å². The van der Waals surface area contributed by atoms with E-state index in [0.29, 0.717) is 11.8 Å². The van der Waals surface area contributed by atoms with Crippen LogP contribution in [-0.4, -0.2) is 0 Å². The fraction of sp³-hybridized carbons (Fsp3) is 0.150. The number of benzene rings is 7. The van der Waals surface area contributed by atoms with Crippen molar-refractivity contribution in [3.05, 3.63) is 132 Å². The van der Waals surface area contributed by atoms with E-state index in [2.05, 4.69) is 149 Å². The van der Waals surface area contributed by atoms with Gasteiger partial charge in [-0.1, -0.05) is 136 Å². The number of hydrogen-bond acceptors (Lipinski definition) is 0. The minimum atomic E-state index is 0.414. The van der Waals surface area contributed by atoms with Crippen LogP contribution in [0.25, 0.3) is 65.3 Å². The van der Waals surface area contributed by atoms with Gasteiger partial charge in [0, 0.05) is 0 Å². The molecule has 7 aromatic carbocycles. The highest BCUT2D eigenvalue weighted by molar-refractivity contribution is 6.22. The molecule has 0 aromatic heterocycles. The zero-order valence-electron chi connectivity index (χ0n) is 23.7. The molecular formula is C40H34. The Morgan fingerprint density at radius 2 is 0.925 bits per heavy atom. The van der Waals surface area contributed by atoms with Crippen molar-refractivity contribution < 1.29 is 0 Å². The third-order valence-corrected chi connectivity index (χ3v) is 8.96. The van der Waals surface area contributed by atoms with Gasteiger partial charge in [-0.3, -0.25) is 0 Å². The van der Waals surface area contributed by atoms with Crippen LogP contribution in [0.2, 0.25) is 0 Å². The maximum atomic E-state index is 2.41. The summed E-state index contributed by atoms with van der Waals surface area (Å²) in [4.78, 5) is 0. The van der Waals surface area contributed by atoms with Crippen LogP contribution in [0.4, 0.5) is 0 Å². The molecule has 0 spiro atoms. The predicted octanol–water partition coefficient (Wildman–Crippen LogP) is 11.7. The fourth-order valence-electron chi connectivity index (χ4n) is 6.71. The lowest BCUT2D eigenvalue weighted by molar-refractivity contribution is 0.539. The first-order chi connectivity index (χ1) is 19.5. The van der Waals surface area contributed by atoms with E-state index in [0.717, 1.165) is 0 Å². The van der Waals surface area contributed by atoms with E-state index in [9.17, 15) is 0 Å². The zero-order chi connectivity index (χ0) is 27.4. The molecule has 1 atom stereocenters. The van der Waals surface area contributed by atoms with Crippen molar-refractivity contribution in [3.8, 4) is 22.3 Å². The lowest BCUT2D eigenvalue weighted by Crippen LogP contribution is -2.07. The van der Waals surface area contributed by atoms with Crippen LogP contribution in [0.3, 0.4) is 0 Å². The van der Waals surface area contributed by atoms with Gasteiger partial charge in [-0.15, -0.1) is 0 Å². The van der Waals surface area contributed by atoms with E-state index in [1.54, 1.807) is 0 Å². The minimum Gasteiger partial charge on any atom is -0.0622 e. The summed E-state index contributed by atoms with van der Waals surface area (Å²) in [5, 5.41) is 10.5. The monoisotopic (exact) mass is 514 g/mol. The Bertz CT molecular complexity index is 2000. The van der Waals surface area contributed by atoms with Crippen LogP contribution < -0.4 is 0 Å². The van der Waals surface area contributed by atoms with Crippen molar-refractivity contribution in [2.45, 2.75) is 33.6 Å². The summed E-state index contributed by atoms with van der Waals surface area (Å²) in [6, 6.07) is 45.0. The first-order valence-electron chi connectivity index (χ1n) is 14.5. The van der Waals surface area contributed by atoms with Crippen LogP contribution in [0.1, 0.15) is 37.8 Å². The van der Waals surface area contributed by atoms with Crippen LogP contribution in [0, 0.1) is 12.8 Å². The van der Waals surface area contributed by atoms with Gasteiger partial charge in [0.25, 0.3) is 0 Å². The van der Waals surface area contributed by atoms with Crippen LogP contribution in [0.5, 0.6) is 0 Å². The van der Waals surface area contributed by atoms with Gasteiger partial charge >= 0.3 is 0 Å². The summed E-state index contributed by atoms with van der Waals surface area (Å²) >= 11 is 0. The Labute approximate surface area is 236 Å². The SMILES string of the molecule is Cc1cc2ccccc2c(C(C)C(C)C)c1-c1c2ccccc2c(-c2ccc3ccccc3c2)c2ccccc12. The third kappa shape index (κ3) is 3.82. The summed E-state index contributed by atoms with van der Waals surface area (Å²) in [5.74, 6) is 0.941.